The van der Waals surface area contributed by atoms with Crippen molar-refractivity contribution in [3.8, 4) is 0 Å². The molecule has 2 rings (SSSR count). The van der Waals surface area contributed by atoms with Gasteiger partial charge < -0.3 is 10.4 Å². The number of halogens is 2. The molecule has 1 atom stereocenters. The van der Waals surface area contributed by atoms with Crippen LogP contribution in [0, 0.1) is 19.7 Å². The van der Waals surface area contributed by atoms with Gasteiger partial charge in [-0.05, 0) is 31.5 Å². The number of hydrogen-bond donors (Lipinski definition) is 2. The van der Waals surface area contributed by atoms with E-state index < -0.39 is 23.7 Å². The highest BCUT2D eigenvalue weighted by molar-refractivity contribution is 6.30. The third-order valence-electron chi connectivity index (χ3n) is 3.54. The molecule has 0 saturated carbocycles. The number of aryl methyl sites for hydroxylation is 2. The number of nitrogens with zero attached hydrogens (tertiary/aromatic N) is 2. The molecule has 1 aromatic carbocycles. The lowest BCUT2D eigenvalue weighted by Crippen LogP contribution is -2.34. The summed E-state index contributed by atoms with van der Waals surface area (Å²) in [5.74, 6) is -2.64. The summed E-state index contributed by atoms with van der Waals surface area (Å²) in [7, 11) is 1.68. The molecule has 0 aliphatic rings. The maximum Gasteiger partial charge on any atom is 0.330 e. The first-order chi connectivity index (χ1) is 10.7. The summed E-state index contributed by atoms with van der Waals surface area (Å²) in [6, 6.07) is 2.19. The highest BCUT2D eigenvalue weighted by Crippen LogP contribution is 2.22. The minimum absolute atomic E-state index is 0.0898. The Kier molecular flexibility index (Phi) is 4.70. The Balaban J connectivity index is 2.34. The monoisotopic (exact) mass is 339 g/mol. The Morgan fingerprint density at radius 3 is 2.52 bits per heavy atom. The molecule has 23 heavy (non-hydrogen) atoms. The third kappa shape index (κ3) is 3.34. The summed E-state index contributed by atoms with van der Waals surface area (Å²) in [5, 5.41) is 15.7. The van der Waals surface area contributed by atoms with Gasteiger partial charge in [0.15, 0.2) is 6.04 Å². The van der Waals surface area contributed by atoms with Crippen LogP contribution in [0.2, 0.25) is 5.02 Å². The SMILES string of the molecule is Cc1nn(C)c(C)c1C(=O)N[C@H](C(=O)O)c1ccc(Cl)c(F)c1. The molecule has 1 heterocycles. The number of aromatic nitrogens is 2. The number of benzene rings is 1. The smallest absolute Gasteiger partial charge is 0.330 e. The molecule has 0 unspecified atom stereocenters. The fourth-order valence-electron chi connectivity index (χ4n) is 2.29. The first-order valence-corrected chi connectivity index (χ1v) is 7.09. The number of carbonyl (C=O) groups excluding carboxylic acids is 1. The summed E-state index contributed by atoms with van der Waals surface area (Å²) < 4.78 is 15.1. The maximum atomic E-state index is 13.5. The van der Waals surface area contributed by atoms with Gasteiger partial charge in [-0.15, -0.1) is 0 Å². The van der Waals surface area contributed by atoms with Crippen molar-refractivity contribution in [1.82, 2.24) is 15.1 Å². The van der Waals surface area contributed by atoms with E-state index in [0.29, 0.717) is 17.0 Å². The van der Waals surface area contributed by atoms with Crippen molar-refractivity contribution >= 4 is 23.5 Å². The molecule has 2 aromatic rings. The topological polar surface area (TPSA) is 84.2 Å². The molecular formula is C15H15ClFN3O3. The predicted molar refractivity (Wildman–Crippen MR) is 81.9 cm³/mol. The first-order valence-electron chi connectivity index (χ1n) is 6.71. The molecule has 0 fully saturated rings. The molecule has 8 heteroatoms. The van der Waals surface area contributed by atoms with Gasteiger partial charge in [0.25, 0.3) is 5.91 Å². The van der Waals surface area contributed by atoms with Crippen LogP contribution in [0.25, 0.3) is 0 Å². The van der Waals surface area contributed by atoms with Gasteiger partial charge in [0.05, 0.1) is 16.3 Å². The minimum Gasteiger partial charge on any atom is -0.479 e. The van der Waals surface area contributed by atoms with Crippen molar-refractivity contribution in [3.05, 3.63) is 51.6 Å². The second-order valence-electron chi connectivity index (χ2n) is 5.09. The van der Waals surface area contributed by atoms with E-state index >= 15 is 0 Å². The molecule has 0 bridgehead atoms. The van der Waals surface area contributed by atoms with Crippen molar-refractivity contribution < 1.29 is 19.1 Å². The van der Waals surface area contributed by atoms with E-state index in [9.17, 15) is 19.1 Å². The van der Waals surface area contributed by atoms with Gasteiger partial charge >= 0.3 is 5.97 Å². The van der Waals surface area contributed by atoms with Crippen LogP contribution in [0.5, 0.6) is 0 Å². The normalized spacial score (nSPS) is 12.0. The highest BCUT2D eigenvalue weighted by atomic mass is 35.5. The van der Waals surface area contributed by atoms with Crippen LogP contribution in [-0.2, 0) is 11.8 Å². The van der Waals surface area contributed by atoms with Gasteiger partial charge in [-0.25, -0.2) is 9.18 Å². The molecule has 6 nitrogen and oxygen atoms in total. The van der Waals surface area contributed by atoms with Crippen LogP contribution in [-0.4, -0.2) is 26.8 Å². The van der Waals surface area contributed by atoms with Crippen LogP contribution in [0.4, 0.5) is 4.39 Å². The number of amides is 1. The Labute approximate surface area is 136 Å². The number of carbonyl (C=O) groups is 2. The van der Waals surface area contributed by atoms with Gasteiger partial charge in [-0.1, -0.05) is 17.7 Å². The van der Waals surface area contributed by atoms with Crippen LogP contribution >= 0.6 is 11.6 Å². The van der Waals surface area contributed by atoms with Crippen molar-refractivity contribution in [1.29, 1.82) is 0 Å². The molecular weight excluding hydrogens is 325 g/mol. The Morgan fingerprint density at radius 2 is 2.04 bits per heavy atom. The molecule has 0 saturated heterocycles. The number of carboxylic acid groups (broad SMARTS) is 1. The van der Waals surface area contributed by atoms with Crippen LogP contribution in [0.1, 0.15) is 33.4 Å². The van der Waals surface area contributed by atoms with Gasteiger partial charge in [0.1, 0.15) is 5.82 Å². The molecule has 122 valence electrons. The number of aliphatic carboxylic acids is 1. The Hall–Kier alpha value is -2.41. The third-order valence-corrected chi connectivity index (χ3v) is 3.84. The molecule has 0 spiro atoms. The Bertz CT molecular complexity index is 789. The van der Waals surface area contributed by atoms with Gasteiger partial charge in [0.2, 0.25) is 0 Å². The van der Waals surface area contributed by atoms with Crippen molar-refractivity contribution in [3.63, 3.8) is 0 Å². The van der Waals surface area contributed by atoms with Gasteiger partial charge in [-0.2, -0.15) is 5.10 Å². The van der Waals surface area contributed by atoms with Crippen LogP contribution in [0.3, 0.4) is 0 Å². The van der Waals surface area contributed by atoms with E-state index in [1.54, 1.807) is 20.9 Å². The maximum absolute atomic E-state index is 13.5. The average Bonchev–Trinajstić information content (AvgIpc) is 2.72. The molecule has 2 N–H and O–H groups in total. The molecule has 0 aliphatic carbocycles. The van der Waals surface area contributed by atoms with Crippen LogP contribution in [0.15, 0.2) is 18.2 Å². The minimum atomic E-state index is -1.40. The highest BCUT2D eigenvalue weighted by Gasteiger charge is 2.26. The number of rotatable bonds is 4. The fourth-order valence-corrected chi connectivity index (χ4v) is 2.40. The Morgan fingerprint density at radius 1 is 1.39 bits per heavy atom. The zero-order chi connectivity index (χ0) is 17.3. The summed E-state index contributed by atoms with van der Waals surface area (Å²) in [6.07, 6.45) is 0. The average molecular weight is 340 g/mol. The summed E-state index contributed by atoms with van der Waals surface area (Å²) >= 11 is 5.59. The van der Waals surface area contributed by atoms with Crippen molar-refractivity contribution in [2.24, 2.45) is 7.05 Å². The van der Waals surface area contributed by atoms with E-state index in [-0.39, 0.29) is 10.6 Å². The lowest BCUT2D eigenvalue weighted by molar-refractivity contribution is -0.139. The van der Waals surface area contributed by atoms with E-state index in [4.69, 9.17) is 11.6 Å². The fraction of sp³-hybridized carbons (Fsp3) is 0.267. The number of nitrogens with one attached hydrogen (secondary N) is 1. The summed E-state index contributed by atoms with van der Waals surface area (Å²) in [6.45, 7) is 3.35. The van der Waals surface area contributed by atoms with Crippen molar-refractivity contribution in [2.75, 3.05) is 0 Å². The second-order valence-corrected chi connectivity index (χ2v) is 5.49. The summed E-state index contributed by atoms with van der Waals surface area (Å²) in [5.41, 5.74) is 1.47. The second kappa shape index (κ2) is 6.37. The van der Waals surface area contributed by atoms with Crippen molar-refractivity contribution in [2.45, 2.75) is 19.9 Å². The van der Waals surface area contributed by atoms with E-state index in [2.05, 4.69) is 10.4 Å². The molecule has 1 aromatic heterocycles. The molecule has 0 aliphatic heterocycles. The first kappa shape index (κ1) is 17.0. The lowest BCUT2D eigenvalue weighted by atomic mass is 10.1. The molecule has 1 amide bonds. The van der Waals surface area contributed by atoms with Gasteiger partial charge in [0, 0.05) is 12.7 Å². The quantitative estimate of drug-likeness (QED) is 0.895. The number of carboxylic acids is 1. The zero-order valence-electron chi connectivity index (χ0n) is 12.7. The summed E-state index contributed by atoms with van der Waals surface area (Å²) in [4.78, 5) is 23.8. The van der Waals surface area contributed by atoms with Gasteiger partial charge in [-0.3, -0.25) is 9.48 Å². The standard InChI is InChI=1S/C15H15ClFN3O3/c1-7-12(8(2)20(3)19-7)14(21)18-13(15(22)23)9-4-5-10(16)11(17)6-9/h4-6,13H,1-3H3,(H,18,21)(H,22,23)/t13-/m0/s1. The largest absolute Gasteiger partial charge is 0.479 e. The predicted octanol–water partition coefficient (Wildman–Crippen LogP) is 2.39. The number of hydrogen-bond acceptors (Lipinski definition) is 3. The van der Waals surface area contributed by atoms with E-state index in [0.717, 1.165) is 6.07 Å². The lowest BCUT2D eigenvalue weighted by Gasteiger charge is -2.15. The van der Waals surface area contributed by atoms with E-state index in [1.165, 1.54) is 16.8 Å². The van der Waals surface area contributed by atoms with Crippen LogP contribution < -0.4 is 5.32 Å². The van der Waals surface area contributed by atoms with E-state index in [1.807, 2.05) is 0 Å². The zero-order valence-corrected chi connectivity index (χ0v) is 13.5. The molecule has 0 radical (unpaired) electrons.